The average molecular weight is 246 g/mol. The van der Waals surface area contributed by atoms with Gasteiger partial charge in [0.05, 0.1) is 9.35 Å². The summed E-state index contributed by atoms with van der Waals surface area (Å²) >= 11 is 4.78. The molecule has 0 saturated carbocycles. The average Bonchev–Trinajstić information content (AvgIpc) is 2.47. The summed E-state index contributed by atoms with van der Waals surface area (Å²) in [4.78, 5) is 11.2. The van der Waals surface area contributed by atoms with Gasteiger partial charge < -0.3 is 5.32 Å². The summed E-state index contributed by atoms with van der Waals surface area (Å²) in [6.45, 7) is 4.02. The Morgan fingerprint density at radius 3 is 3.08 bits per heavy atom. The highest BCUT2D eigenvalue weighted by atomic mass is 79.9. The third-order valence-corrected chi connectivity index (χ3v) is 2.74. The van der Waals surface area contributed by atoms with Crippen molar-refractivity contribution in [2.24, 2.45) is 0 Å². The highest BCUT2D eigenvalue weighted by Gasteiger charge is 2.05. The van der Waals surface area contributed by atoms with Crippen LogP contribution in [-0.2, 0) is 0 Å². The van der Waals surface area contributed by atoms with E-state index in [1.807, 2.05) is 5.38 Å². The Balaban J connectivity index is 2.59. The zero-order valence-electron chi connectivity index (χ0n) is 6.34. The molecule has 0 atom stereocenters. The summed E-state index contributed by atoms with van der Waals surface area (Å²) < 4.78 is 0.964. The van der Waals surface area contributed by atoms with Crippen molar-refractivity contribution in [3.63, 3.8) is 0 Å². The van der Waals surface area contributed by atoms with Crippen molar-refractivity contribution in [2.75, 3.05) is 6.54 Å². The van der Waals surface area contributed by atoms with E-state index < -0.39 is 0 Å². The predicted octanol–water partition coefficient (Wildman–Crippen LogP) is 2.43. The van der Waals surface area contributed by atoms with Gasteiger partial charge in [0.1, 0.15) is 0 Å². The number of carbonyl (C=O) groups excluding carboxylic acids is 1. The lowest BCUT2D eigenvalue weighted by atomic mass is 10.3. The molecule has 1 rings (SSSR count). The molecule has 0 aliphatic heterocycles. The van der Waals surface area contributed by atoms with E-state index in [1.165, 1.54) is 11.3 Å². The van der Waals surface area contributed by atoms with Crippen LogP contribution in [0.1, 0.15) is 10.4 Å². The predicted molar refractivity (Wildman–Crippen MR) is 54.5 cm³/mol. The van der Waals surface area contributed by atoms with E-state index in [0.29, 0.717) is 12.1 Å². The maximum atomic E-state index is 11.2. The van der Waals surface area contributed by atoms with Gasteiger partial charge in [-0.25, -0.2) is 0 Å². The lowest BCUT2D eigenvalue weighted by Gasteiger charge is -1.97. The number of carbonyl (C=O) groups is 1. The fourth-order valence-electron chi connectivity index (χ4n) is 0.696. The highest BCUT2D eigenvalue weighted by molar-refractivity contribution is 9.11. The van der Waals surface area contributed by atoms with Crippen LogP contribution in [0.2, 0.25) is 0 Å². The highest BCUT2D eigenvalue weighted by Crippen LogP contribution is 2.20. The Kier molecular flexibility index (Phi) is 3.49. The maximum absolute atomic E-state index is 11.2. The summed E-state index contributed by atoms with van der Waals surface area (Å²) in [5.41, 5.74) is 0.689. The van der Waals surface area contributed by atoms with Crippen molar-refractivity contribution in [2.45, 2.75) is 0 Å². The topological polar surface area (TPSA) is 29.1 Å². The second kappa shape index (κ2) is 4.42. The van der Waals surface area contributed by atoms with Crippen molar-refractivity contribution in [1.82, 2.24) is 5.32 Å². The molecule has 0 bridgehead atoms. The van der Waals surface area contributed by atoms with Gasteiger partial charge in [-0.3, -0.25) is 4.79 Å². The fraction of sp³-hybridized carbons (Fsp3) is 0.125. The molecule has 0 radical (unpaired) electrons. The quantitative estimate of drug-likeness (QED) is 0.815. The molecule has 0 spiro atoms. The van der Waals surface area contributed by atoms with Gasteiger partial charge in [-0.15, -0.1) is 17.9 Å². The Labute approximate surface area is 83.4 Å². The summed E-state index contributed by atoms with van der Waals surface area (Å²) in [5.74, 6) is -0.0585. The molecule has 0 aromatic carbocycles. The van der Waals surface area contributed by atoms with Gasteiger partial charge in [-0.2, -0.15) is 0 Å². The van der Waals surface area contributed by atoms with Crippen LogP contribution in [0, 0.1) is 0 Å². The third kappa shape index (κ3) is 2.46. The smallest absolute Gasteiger partial charge is 0.252 e. The number of amides is 1. The summed E-state index contributed by atoms with van der Waals surface area (Å²) in [6, 6.07) is 1.79. The molecule has 1 N–H and O–H groups in total. The first-order valence-corrected chi connectivity index (χ1v) is 5.04. The molecule has 0 saturated heterocycles. The molecule has 64 valence electrons. The van der Waals surface area contributed by atoms with Gasteiger partial charge in [0.25, 0.3) is 5.91 Å². The fourth-order valence-corrected chi connectivity index (χ4v) is 1.83. The minimum Gasteiger partial charge on any atom is -0.349 e. The molecule has 1 heterocycles. The van der Waals surface area contributed by atoms with Gasteiger partial charge >= 0.3 is 0 Å². The van der Waals surface area contributed by atoms with Gasteiger partial charge in [0, 0.05) is 11.9 Å². The molecule has 0 fully saturated rings. The number of hydrogen-bond donors (Lipinski definition) is 1. The molecule has 1 amide bonds. The van der Waals surface area contributed by atoms with Crippen molar-refractivity contribution in [1.29, 1.82) is 0 Å². The SMILES string of the molecule is C=CCNC(=O)c1csc(Br)c1. The zero-order valence-corrected chi connectivity index (χ0v) is 8.74. The molecule has 12 heavy (non-hydrogen) atoms. The van der Waals surface area contributed by atoms with Gasteiger partial charge in [-0.05, 0) is 22.0 Å². The van der Waals surface area contributed by atoms with E-state index >= 15 is 0 Å². The van der Waals surface area contributed by atoms with Crippen LogP contribution in [-0.4, -0.2) is 12.5 Å². The minimum absolute atomic E-state index is 0.0585. The van der Waals surface area contributed by atoms with Crippen LogP contribution in [0.25, 0.3) is 0 Å². The Hall–Kier alpha value is -0.610. The Morgan fingerprint density at radius 1 is 1.83 bits per heavy atom. The van der Waals surface area contributed by atoms with E-state index in [9.17, 15) is 4.79 Å². The monoisotopic (exact) mass is 245 g/mol. The van der Waals surface area contributed by atoms with E-state index in [0.717, 1.165) is 3.79 Å². The van der Waals surface area contributed by atoms with Crippen LogP contribution in [0.4, 0.5) is 0 Å². The first kappa shape index (κ1) is 9.48. The zero-order chi connectivity index (χ0) is 8.97. The standard InChI is InChI=1S/C8H8BrNOS/c1-2-3-10-8(11)6-4-7(9)12-5-6/h2,4-5H,1,3H2,(H,10,11). The summed E-state index contributed by atoms with van der Waals surface area (Å²) in [6.07, 6.45) is 1.65. The molecule has 4 heteroatoms. The van der Waals surface area contributed by atoms with Gasteiger partial charge in [-0.1, -0.05) is 6.08 Å². The van der Waals surface area contributed by atoms with Crippen LogP contribution in [0.3, 0.4) is 0 Å². The van der Waals surface area contributed by atoms with E-state index in [4.69, 9.17) is 0 Å². The van der Waals surface area contributed by atoms with Crippen molar-refractivity contribution < 1.29 is 4.79 Å². The second-order valence-electron chi connectivity index (χ2n) is 2.14. The molecule has 0 unspecified atom stereocenters. The van der Waals surface area contributed by atoms with E-state index in [2.05, 4.69) is 27.8 Å². The number of hydrogen-bond acceptors (Lipinski definition) is 2. The van der Waals surface area contributed by atoms with Crippen LogP contribution in [0.15, 0.2) is 27.9 Å². The van der Waals surface area contributed by atoms with Crippen LogP contribution >= 0.6 is 27.3 Å². The van der Waals surface area contributed by atoms with E-state index in [1.54, 1.807) is 12.1 Å². The Bertz CT molecular complexity index is 295. The lowest BCUT2D eigenvalue weighted by molar-refractivity contribution is 0.0958. The van der Waals surface area contributed by atoms with Gasteiger partial charge in [0.15, 0.2) is 0 Å². The lowest BCUT2D eigenvalue weighted by Crippen LogP contribution is -2.22. The first-order valence-electron chi connectivity index (χ1n) is 3.37. The maximum Gasteiger partial charge on any atom is 0.252 e. The number of halogens is 1. The van der Waals surface area contributed by atoms with Crippen LogP contribution < -0.4 is 5.32 Å². The van der Waals surface area contributed by atoms with Crippen LogP contribution in [0.5, 0.6) is 0 Å². The largest absolute Gasteiger partial charge is 0.349 e. The van der Waals surface area contributed by atoms with Crippen molar-refractivity contribution >= 4 is 33.2 Å². The minimum atomic E-state index is -0.0585. The molecular formula is C8H8BrNOS. The molecule has 0 aliphatic rings. The normalized spacial score (nSPS) is 9.42. The van der Waals surface area contributed by atoms with Gasteiger partial charge in [0.2, 0.25) is 0 Å². The van der Waals surface area contributed by atoms with E-state index in [-0.39, 0.29) is 5.91 Å². The second-order valence-corrected chi connectivity index (χ2v) is 4.43. The van der Waals surface area contributed by atoms with Crippen molar-refractivity contribution in [3.05, 3.63) is 33.5 Å². The first-order chi connectivity index (χ1) is 5.74. The third-order valence-electron chi connectivity index (χ3n) is 1.24. The summed E-state index contributed by atoms with van der Waals surface area (Å²) in [7, 11) is 0. The molecule has 2 nitrogen and oxygen atoms in total. The Morgan fingerprint density at radius 2 is 2.58 bits per heavy atom. The molecule has 1 aromatic heterocycles. The molecule has 1 aromatic rings. The summed E-state index contributed by atoms with van der Waals surface area (Å²) in [5, 5.41) is 4.50. The molecular weight excluding hydrogens is 238 g/mol. The van der Waals surface area contributed by atoms with Crippen molar-refractivity contribution in [3.8, 4) is 0 Å². The number of nitrogens with one attached hydrogen (secondary N) is 1. The number of rotatable bonds is 3. The number of thiophene rings is 1. The molecule has 0 aliphatic carbocycles.